The summed E-state index contributed by atoms with van der Waals surface area (Å²) in [4.78, 5) is 18.1. The molecule has 0 aliphatic rings. The van der Waals surface area contributed by atoms with Gasteiger partial charge in [-0.2, -0.15) is 0 Å². The standard InChI is InChI=1S/C17H20ClN3O2/c1-21(2)17-13(7-5-9-19-17)10-20-16(22)12-23-11-14-6-3-4-8-15(14)18/h3-9H,10-12H2,1-2H3,(H,20,22). The highest BCUT2D eigenvalue weighted by molar-refractivity contribution is 6.31. The van der Waals surface area contributed by atoms with Crippen molar-refractivity contribution in [1.82, 2.24) is 10.3 Å². The summed E-state index contributed by atoms with van der Waals surface area (Å²) >= 11 is 6.04. The minimum Gasteiger partial charge on any atom is -0.367 e. The Morgan fingerprint density at radius 2 is 1.96 bits per heavy atom. The Morgan fingerprint density at radius 3 is 2.70 bits per heavy atom. The van der Waals surface area contributed by atoms with Crippen LogP contribution in [0.25, 0.3) is 0 Å². The fourth-order valence-corrected chi connectivity index (χ4v) is 2.28. The molecule has 0 bridgehead atoms. The molecule has 5 nitrogen and oxygen atoms in total. The normalized spacial score (nSPS) is 10.4. The Kier molecular flexibility index (Phi) is 6.38. The summed E-state index contributed by atoms with van der Waals surface area (Å²) in [5.41, 5.74) is 1.82. The number of hydrogen-bond donors (Lipinski definition) is 1. The maximum Gasteiger partial charge on any atom is 0.246 e. The van der Waals surface area contributed by atoms with E-state index in [9.17, 15) is 4.79 Å². The highest BCUT2D eigenvalue weighted by Gasteiger charge is 2.08. The number of rotatable bonds is 7. The first kappa shape index (κ1) is 17.2. The zero-order valence-corrected chi connectivity index (χ0v) is 14.0. The number of hydrogen-bond acceptors (Lipinski definition) is 4. The van der Waals surface area contributed by atoms with E-state index in [1.165, 1.54) is 0 Å². The second kappa shape index (κ2) is 8.50. The zero-order valence-electron chi connectivity index (χ0n) is 13.3. The first-order valence-corrected chi connectivity index (χ1v) is 7.65. The molecule has 1 heterocycles. The van der Waals surface area contributed by atoms with Gasteiger partial charge in [0, 0.05) is 37.4 Å². The van der Waals surface area contributed by atoms with Crippen LogP contribution in [0.5, 0.6) is 0 Å². The third-order valence-electron chi connectivity index (χ3n) is 3.22. The van der Waals surface area contributed by atoms with E-state index in [1.54, 1.807) is 12.3 Å². The minimum absolute atomic E-state index is 0.0111. The van der Waals surface area contributed by atoms with Gasteiger partial charge in [-0.05, 0) is 17.7 Å². The third-order valence-corrected chi connectivity index (χ3v) is 3.58. The van der Waals surface area contributed by atoms with Crippen molar-refractivity contribution in [3.63, 3.8) is 0 Å². The van der Waals surface area contributed by atoms with Gasteiger partial charge in [-0.15, -0.1) is 0 Å². The van der Waals surface area contributed by atoms with E-state index < -0.39 is 0 Å². The fourth-order valence-electron chi connectivity index (χ4n) is 2.08. The van der Waals surface area contributed by atoms with Crippen LogP contribution in [-0.2, 0) is 22.7 Å². The predicted molar refractivity (Wildman–Crippen MR) is 91.5 cm³/mol. The lowest BCUT2D eigenvalue weighted by molar-refractivity contribution is -0.126. The van der Waals surface area contributed by atoms with Gasteiger partial charge < -0.3 is 15.0 Å². The molecule has 1 aromatic carbocycles. The molecule has 0 spiro atoms. The molecular weight excluding hydrogens is 314 g/mol. The van der Waals surface area contributed by atoms with Gasteiger partial charge in [-0.1, -0.05) is 35.9 Å². The second-order valence-corrected chi connectivity index (χ2v) is 5.65. The monoisotopic (exact) mass is 333 g/mol. The van der Waals surface area contributed by atoms with Crippen molar-refractivity contribution in [2.45, 2.75) is 13.2 Å². The van der Waals surface area contributed by atoms with E-state index in [1.807, 2.05) is 49.3 Å². The summed E-state index contributed by atoms with van der Waals surface area (Å²) < 4.78 is 5.41. The highest BCUT2D eigenvalue weighted by atomic mass is 35.5. The number of carbonyl (C=O) groups excluding carboxylic acids is 1. The summed E-state index contributed by atoms with van der Waals surface area (Å²) in [6.07, 6.45) is 1.73. The Morgan fingerprint density at radius 1 is 1.22 bits per heavy atom. The van der Waals surface area contributed by atoms with E-state index in [-0.39, 0.29) is 12.5 Å². The van der Waals surface area contributed by atoms with Crippen LogP contribution in [0.15, 0.2) is 42.6 Å². The predicted octanol–water partition coefficient (Wildman–Crippen LogP) is 2.63. The van der Waals surface area contributed by atoms with Gasteiger partial charge >= 0.3 is 0 Å². The van der Waals surface area contributed by atoms with Crippen LogP contribution in [-0.4, -0.2) is 31.6 Å². The summed E-state index contributed by atoms with van der Waals surface area (Å²) in [5.74, 6) is 0.662. The van der Waals surface area contributed by atoms with Crippen molar-refractivity contribution >= 4 is 23.3 Å². The number of halogens is 1. The lowest BCUT2D eigenvalue weighted by Gasteiger charge is -2.16. The summed E-state index contributed by atoms with van der Waals surface area (Å²) in [6.45, 7) is 0.710. The molecule has 1 aromatic heterocycles. The molecule has 122 valence electrons. The highest BCUT2D eigenvalue weighted by Crippen LogP contribution is 2.16. The van der Waals surface area contributed by atoms with E-state index in [2.05, 4.69) is 10.3 Å². The van der Waals surface area contributed by atoms with Crippen LogP contribution in [0.3, 0.4) is 0 Å². The van der Waals surface area contributed by atoms with Gasteiger partial charge in [0.25, 0.3) is 0 Å². The number of pyridine rings is 1. The van der Waals surface area contributed by atoms with Crippen LogP contribution in [0.2, 0.25) is 5.02 Å². The minimum atomic E-state index is -0.175. The number of amides is 1. The number of anilines is 1. The average Bonchev–Trinajstić information content (AvgIpc) is 2.55. The molecule has 1 amide bonds. The van der Waals surface area contributed by atoms with E-state index >= 15 is 0 Å². The van der Waals surface area contributed by atoms with Crippen molar-refractivity contribution in [3.8, 4) is 0 Å². The van der Waals surface area contributed by atoms with Crippen molar-refractivity contribution in [2.75, 3.05) is 25.6 Å². The molecule has 0 aliphatic carbocycles. The van der Waals surface area contributed by atoms with Crippen LogP contribution in [0, 0.1) is 0 Å². The molecule has 0 saturated heterocycles. The quantitative estimate of drug-likeness (QED) is 0.846. The Hall–Kier alpha value is -2.11. The number of ether oxygens (including phenoxy) is 1. The van der Waals surface area contributed by atoms with Gasteiger partial charge in [0.1, 0.15) is 12.4 Å². The molecule has 0 unspecified atom stereocenters. The molecule has 2 aromatic rings. The number of carbonyl (C=O) groups is 1. The molecule has 1 N–H and O–H groups in total. The maximum absolute atomic E-state index is 11.9. The largest absolute Gasteiger partial charge is 0.367 e. The molecule has 0 saturated carbocycles. The lowest BCUT2D eigenvalue weighted by Crippen LogP contribution is -2.28. The van der Waals surface area contributed by atoms with E-state index in [0.29, 0.717) is 18.2 Å². The molecule has 23 heavy (non-hydrogen) atoms. The second-order valence-electron chi connectivity index (χ2n) is 5.24. The summed E-state index contributed by atoms with van der Waals surface area (Å²) in [5, 5.41) is 3.47. The molecular formula is C17H20ClN3O2. The van der Waals surface area contributed by atoms with Crippen molar-refractivity contribution in [2.24, 2.45) is 0 Å². The molecule has 6 heteroatoms. The van der Waals surface area contributed by atoms with E-state index in [0.717, 1.165) is 16.9 Å². The summed E-state index contributed by atoms with van der Waals surface area (Å²) in [7, 11) is 3.83. The first-order valence-electron chi connectivity index (χ1n) is 7.27. The van der Waals surface area contributed by atoms with Crippen molar-refractivity contribution in [1.29, 1.82) is 0 Å². The molecule has 2 rings (SSSR count). The van der Waals surface area contributed by atoms with Crippen LogP contribution >= 0.6 is 11.6 Å². The SMILES string of the molecule is CN(C)c1ncccc1CNC(=O)COCc1ccccc1Cl. The molecule has 0 atom stereocenters. The molecule has 0 radical (unpaired) electrons. The first-order chi connectivity index (χ1) is 11.1. The smallest absolute Gasteiger partial charge is 0.246 e. The van der Waals surface area contributed by atoms with Gasteiger partial charge in [0.15, 0.2) is 0 Å². The van der Waals surface area contributed by atoms with Gasteiger partial charge in [-0.3, -0.25) is 4.79 Å². The van der Waals surface area contributed by atoms with Crippen LogP contribution in [0.4, 0.5) is 5.82 Å². The Labute approximate surface area is 141 Å². The number of benzene rings is 1. The van der Waals surface area contributed by atoms with Crippen LogP contribution in [0.1, 0.15) is 11.1 Å². The van der Waals surface area contributed by atoms with Gasteiger partial charge in [0.2, 0.25) is 5.91 Å². The Bertz CT molecular complexity index is 662. The van der Waals surface area contributed by atoms with Crippen molar-refractivity contribution < 1.29 is 9.53 Å². The Balaban J connectivity index is 1.79. The number of nitrogens with one attached hydrogen (secondary N) is 1. The molecule has 0 fully saturated rings. The van der Waals surface area contributed by atoms with Gasteiger partial charge in [-0.25, -0.2) is 4.98 Å². The topological polar surface area (TPSA) is 54.5 Å². The third kappa shape index (κ3) is 5.23. The summed E-state index contributed by atoms with van der Waals surface area (Å²) in [6, 6.07) is 11.2. The maximum atomic E-state index is 11.9. The zero-order chi connectivity index (χ0) is 16.7. The number of nitrogens with zero attached hydrogens (tertiary/aromatic N) is 2. The molecule has 0 aliphatic heterocycles. The van der Waals surface area contributed by atoms with Crippen molar-refractivity contribution in [3.05, 3.63) is 58.7 Å². The average molecular weight is 334 g/mol. The fraction of sp³-hybridized carbons (Fsp3) is 0.294. The van der Waals surface area contributed by atoms with Crippen LogP contribution < -0.4 is 10.2 Å². The van der Waals surface area contributed by atoms with E-state index in [4.69, 9.17) is 16.3 Å². The lowest BCUT2D eigenvalue weighted by atomic mass is 10.2. The number of aromatic nitrogens is 1. The van der Waals surface area contributed by atoms with Gasteiger partial charge in [0.05, 0.1) is 6.61 Å².